The minimum Gasteiger partial charge on any atom is -0.466 e. The zero-order chi connectivity index (χ0) is 13.4. The first kappa shape index (κ1) is 13.8. The van der Waals surface area contributed by atoms with Gasteiger partial charge < -0.3 is 4.74 Å². The fraction of sp³-hybridized carbons (Fsp3) is 0.333. The van der Waals surface area contributed by atoms with E-state index in [-0.39, 0.29) is 18.3 Å². The van der Waals surface area contributed by atoms with E-state index < -0.39 is 0 Å². The number of hydrogen-bond donors (Lipinski definition) is 1. The molecule has 0 spiro atoms. The molecule has 0 aliphatic heterocycles. The molecule has 0 saturated carbocycles. The van der Waals surface area contributed by atoms with Gasteiger partial charge in [-0.05, 0) is 26.0 Å². The average molecular weight is 249 g/mol. The molecule has 1 rings (SSSR count). The van der Waals surface area contributed by atoms with Crippen LogP contribution in [-0.2, 0) is 9.53 Å². The summed E-state index contributed by atoms with van der Waals surface area (Å²) in [6, 6.07) is 3.15. The molecule has 96 valence electrons. The van der Waals surface area contributed by atoms with Crippen LogP contribution in [0.3, 0.4) is 0 Å². The minimum atomic E-state index is -0.364. The standard InChI is InChI=1S/C12H15N3O3/c1-3-18-11(16)8-9(2)14-15-12(17)10-4-6-13-7-5-10/h4-7H,3,8H2,1-2H3,(H,15,17). The van der Waals surface area contributed by atoms with Gasteiger partial charge in [0.1, 0.15) is 0 Å². The maximum atomic E-state index is 11.6. The molecule has 1 N–H and O–H groups in total. The predicted molar refractivity (Wildman–Crippen MR) is 66.1 cm³/mol. The molecule has 1 amide bonds. The van der Waals surface area contributed by atoms with Gasteiger partial charge in [0.05, 0.1) is 13.0 Å². The van der Waals surface area contributed by atoms with Crippen LogP contribution >= 0.6 is 0 Å². The summed E-state index contributed by atoms with van der Waals surface area (Å²) in [5, 5.41) is 3.82. The first-order valence-corrected chi connectivity index (χ1v) is 5.52. The lowest BCUT2D eigenvalue weighted by Crippen LogP contribution is -2.20. The molecular formula is C12H15N3O3. The normalized spacial score (nSPS) is 10.9. The molecule has 1 heterocycles. The van der Waals surface area contributed by atoms with E-state index in [1.165, 1.54) is 12.4 Å². The maximum Gasteiger partial charge on any atom is 0.311 e. The minimum absolute atomic E-state index is 0.0600. The van der Waals surface area contributed by atoms with Gasteiger partial charge in [-0.15, -0.1) is 0 Å². The Morgan fingerprint density at radius 3 is 2.67 bits per heavy atom. The molecule has 1 aromatic rings. The Hall–Kier alpha value is -2.24. The van der Waals surface area contributed by atoms with E-state index in [2.05, 4.69) is 15.5 Å². The molecule has 0 aromatic carbocycles. The molecule has 0 aliphatic carbocycles. The monoisotopic (exact) mass is 249 g/mol. The van der Waals surface area contributed by atoms with Gasteiger partial charge in [-0.3, -0.25) is 14.6 Å². The number of nitrogens with zero attached hydrogens (tertiary/aromatic N) is 2. The van der Waals surface area contributed by atoms with Crippen LogP contribution in [0.2, 0.25) is 0 Å². The number of hydrogen-bond acceptors (Lipinski definition) is 5. The van der Waals surface area contributed by atoms with Gasteiger partial charge in [-0.2, -0.15) is 5.10 Å². The number of carbonyl (C=O) groups excluding carboxylic acids is 2. The highest BCUT2D eigenvalue weighted by molar-refractivity contribution is 5.99. The topological polar surface area (TPSA) is 80.6 Å². The van der Waals surface area contributed by atoms with Gasteiger partial charge in [-0.1, -0.05) is 0 Å². The SMILES string of the molecule is CCOC(=O)CC(C)=NNC(=O)c1ccncc1. The van der Waals surface area contributed by atoms with E-state index in [4.69, 9.17) is 4.74 Å². The highest BCUT2D eigenvalue weighted by Gasteiger charge is 2.06. The highest BCUT2D eigenvalue weighted by Crippen LogP contribution is 1.96. The van der Waals surface area contributed by atoms with Crippen LogP contribution in [0.25, 0.3) is 0 Å². The lowest BCUT2D eigenvalue weighted by Gasteiger charge is -2.02. The summed E-state index contributed by atoms with van der Waals surface area (Å²) in [6.45, 7) is 3.70. The molecular weight excluding hydrogens is 234 g/mol. The lowest BCUT2D eigenvalue weighted by atomic mass is 10.2. The maximum absolute atomic E-state index is 11.6. The second-order valence-corrected chi connectivity index (χ2v) is 3.51. The summed E-state index contributed by atoms with van der Waals surface area (Å²) in [5.74, 6) is -0.711. The molecule has 0 bridgehead atoms. The van der Waals surface area contributed by atoms with Crippen LogP contribution in [0, 0.1) is 0 Å². The Bertz CT molecular complexity index is 443. The number of ether oxygens (including phenoxy) is 1. The number of aromatic nitrogens is 1. The van der Waals surface area contributed by atoms with E-state index >= 15 is 0 Å². The van der Waals surface area contributed by atoms with Crippen molar-refractivity contribution in [3.8, 4) is 0 Å². The van der Waals surface area contributed by atoms with Crippen LogP contribution in [-0.4, -0.2) is 29.2 Å². The van der Waals surface area contributed by atoms with Crippen molar-refractivity contribution < 1.29 is 14.3 Å². The summed E-state index contributed by atoms with van der Waals surface area (Å²) in [6.07, 6.45) is 3.10. The molecule has 1 aromatic heterocycles. The number of amides is 1. The Balaban J connectivity index is 2.48. The van der Waals surface area contributed by atoms with Crippen molar-refractivity contribution >= 4 is 17.6 Å². The van der Waals surface area contributed by atoms with Crippen LogP contribution in [0.4, 0.5) is 0 Å². The van der Waals surface area contributed by atoms with Gasteiger partial charge in [0.15, 0.2) is 0 Å². The highest BCUT2D eigenvalue weighted by atomic mass is 16.5. The number of rotatable bonds is 5. The molecule has 6 heteroatoms. The quantitative estimate of drug-likeness (QED) is 0.482. The van der Waals surface area contributed by atoms with Crippen molar-refractivity contribution in [2.75, 3.05) is 6.61 Å². The molecule has 0 atom stereocenters. The number of hydrazone groups is 1. The molecule has 0 radical (unpaired) electrons. The first-order chi connectivity index (χ1) is 8.63. The molecule has 6 nitrogen and oxygen atoms in total. The summed E-state index contributed by atoms with van der Waals surface area (Å²) in [5.41, 5.74) is 3.30. The Labute approximate surface area is 105 Å². The van der Waals surface area contributed by atoms with Crippen LogP contribution < -0.4 is 5.43 Å². The number of pyridine rings is 1. The van der Waals surface area contributed by atoms with Gasteiger partial charge >= 0.3 is 5.97 Å². The fourth-order valence-corrected chi connectivity index (χ4v) is 1.17. The molecule has 0 saturated heterocycles. The second-order valence-electron chi connectivity index (χ2n) is 3.51. The Kier molecular flexibility index (Phi) is 5.50. The third-order valence-corrected chi connectivity index (χ3v) is 2.00. The van der Waals surface area contributed by atoms with Gasteiger partial charge in [0.25, 0.3) is 5.91 Å². The van der Waals surface area contributed by atoms with E-state index in [9.17, 15) is 9.59 Å². The van der Waals surface area contributed by atoms with Crippen molar-refractivity contribution in [2.45, 2.75) is 20.3 Å². The predicted octanol–water partition coefficient (Wildman–Crippen LogP) is 1.14. The summed E-state index contributed by atoms with van der Waals surface area (Å²) in [7, 11) is 0. The molecule has 18 heavy (non-hydrogen) atoms. The fourth-order valence-electron chi connectivity index (χ4n) is 1.17. The van der Waals surface area contributed by atoms with Crippen molar-refractivity contribution in [1.29, 1.82) is 0 Å². The lowest BCUT2D eigenvalue weighted by molar-refractivity contribution is -0.141. The van der Waals surface area contributed by atoms with E-state index in [1.54, 1.807) is 26.0 Å². The third kappa shape index (κ3) is 4.73. The third-order valence-electron chi connectivity index (χ3n) is 2.00. The summed E-state index contributed by atoms with van der Waals surface area (Å²) < 4.78 is 4.76. The molecule has 0 unspecified atom stereocenters. The summed E-state index contributed by atoms with van der Waals surface area (Å²) >= 11 is 0. The van der Waals surface area contributed by atoms with Gasteiger partial charge in [0.2, 0.25) is 0 Å². The van der Waals surface area contributed by atoms with Crippen molar-refractivity contribution in [1.82, 2.24) is 10.4 Å². The van der Waals surface area contributed by atoms with E-state index in [0.717, 1.165) is 0 Å². The van der Waals surface area contributed by atoms with Crippen LogP contribution in [0.1, 0.15) is 30.6 Å². The Morgan fingerprint density at radius 1 is 1.39 bits per heavy atom. The van der Waals surface area contributed by atoms with Gasteiger partial charge in [0, 0.05) is 23.7 Å². The second kappa shape index (κ2) is 7.16. The Morgan fingerprint density at radius 2 is 2.06 bits per heavy atom. The number of nitrogens with one attached hydrogen (secondary N) is 1. The average Bonchev–Trinajstić information content (AvgIpc) is 2.37. The van der Waals surface area contributed by atoms with E-state index in [1.807, 2.05) is 0 Å². The number of esters is 1. The molecule has 0 aliphatic rings. The van der Waals surface area contributed by atoms with Crippen LogP contribution in [0.15, 0.2) is 29.6 Å². The number of carbonyl (C=O) groups is 2. The van der Waals surface area contributed by atoms with Crippen molar-refractivity contribution in [2.24, 2.45) is 5.10 Å². The summed E-state index contributed by atoms with van der Waals surface area (Å²) in [4.78, 5) is 26.5. The van der Waals surface area contributed by atoms with Crippen molar-refractivity contribution in [3.05, 3.63) is 30.1 Å². The van der Waals surface area contributed by atoms with E-state index in [0.29, 0.717) is 17.9 Å². The first-order valence-electron chi connectivity index (χ1n) is 5.52. The smallest absolute Gasteiger partial charge is 0.311 e. The molecule has 0 fully saturated rings. The largest absolute Gasteiger partial charge is 0.466 e. The van der Waals surface area contributed by atoms with Gasteiger partial charge in [-0.25, -0.2) is 5.43 Å². The van der Waals surface area contributed by atoms with Crippen LogP contribution in [0.5, 0.6) is 0 Å². The zero-order valence-electron chi connectivity index (χ0n) is 10.3. The zero-order valence-corrected chi connectivity index (χ0v) is 10.3. The van der Waals surface area contributed by atoms with Crippen molar-refractivity contribution in [3.63, 3.8) is 0 Å².